The number of para-hydroxylation sites is 6. The predicted molar refractivity (Wildman–Crippen MR) is 575 cm³/mol. The van der Waals surface area contributed by atoms with Gasteiger partial charge in [-0.25, -0.2) is 29.9 Å². The second-order valence-electron chi connectivity index (χ2n) is 36.3. The minimum atomic E-state index is -0.0971. The van der Waals surface area contributed by atoms with Crippen molar-refractivity contribution in [3.8, 4) is 118 Å². The van der Waals surface area contributed by atoms with Crippen LogP contribution in [-0.2, 0) is 5.41 Å². The van der Waals surface area contributed by atoms with Gasteiger partial charge in [-0.1, -0.05) is 408 Å². The number of nitrogens with zero attached hydrogens (tertiary/aromatic N) is 9. The number of rotatable bonds is 11. The monoisotopic (exact) mass is 1760 g/mol. The molecule has 0 unspecified atom stereocenters. The Morgan fingerprint density at radius 1 is 0.167 bits per heavy atom. The predicted octanol–water partition coefficient (Wildman–Crippen LogP) is 33.3. The van der Waals surface area contributed by atoms with Gasteiger partial charge in [-0.05, 0) is 195 Å². The van der Waals surface area contributed by atoms with Crippen molar-refractivity contribution in [1.82, 2.24) is 43.6 Å². The maximum absolute atomic E-state index is 5.43. The van der Waals surface area contributed by atoms with Gasteiger partial charge in [0, 0.05) is 70.6 Å². The van der Waals surface area contributed by atoms with E-state index in [0.717, 1.165) is 105 Å². The molecule has 9 nitrogen and oxygen atoms in total. The largest absolute Gasteiger partial charge is 0.278 e. The summed E-state index contributed by atoms with van der Waals surface area (Å²) in [5.74, 6) is 2.01. The minimum absolute atomic E-state index is 0.0971. The molecule has 6 heterocycles. The fourth-order valence-electron chi connectivity index (χ4n) is 21.4. The van der Waals surface area contributed by atoms with Crippen molar-refractivity contribution >= 4 is 130 Å². The summed E-state index contributed by atoms with van der Waals surface area (Å²) in [6, 6.07) is 170. The van der Waals surface area contributed by atoms with Crippen LogP contribution in [0.5, 0.6) is 0 Å². The van der Waals surface area contributed by atoms with E-state index in [2.05, 4.69) is 489 Å². The topological polar surface area (TPSA) is 92.1 Å². The second-order valence-corrected chi connectivity index (χ2v) is 36.3. The van der Waals surface area contributed by atoms with Crippen molar-refractivity contribution in [2.24, 2.45) is 0 Å². The molecule has 0 aliphatic heterocycles. The summed E-state index contributed by atoms with van der Waals surface area (Å²) in [6.07, 6.45) is 0. The van der Waals surface area contributed by atoms with Gasteiger partial charge in [0.1, 0.15) is 0 Å². The zero-order valence-corrected chi connectivity index (χ0v) is 75.6. The fourth-order valence-corrected chi connectivity index (χ4v) is 21.4. The maximum atomic E-state index is 5.43. The van der Waals surface area contributed by atoms with Crippen LogP contribution in [0.1, 0.15) is 25.0 Å². The van der Waals surface area contributed by atoms with Gasteiger partial charge in [0.2, 0.25) is 17.8 Å². The Labute approximate surface area is 796 Å². The number of hydrogen-bond acceptors (Lipinski definition) is 6. The van der Waals surface area contributed by atoms with Gasteiger partial charge in [-0.2, -0.15) is 0 Å². The normalized spacial score (nSPS) is 12.2. The first-order valence-electron chi connectivity index (χ1n) is 47.1. The van der Waals surface area contributed by atoms with E-state index < -0.39 is 0 Å². The lowest BCUT2D eigenvalue weighted by atomic mass is 9.82. The van der Waals surface area contributed by atoms with E-state index in [9.17, 15) is 0 Å². The molecule has 138 heavy (non-hydrogen) atoms. The van der Waals surface area contributed by atoms with Crippen molar-refractivity contribution < 1.29 is 0 Å². The van der Waals surface area contributed by atoms with E-state index in [-0.39, 0.29) is 5.41 Å². The molecule has 0 saturated carbocycles. The molecule has 0 radical (unpaired) electrons. The van der Waals surface area contributed by atoms with Crippen molar-refractivity contribution in [2.75, 3.05) is 0 Å². The van der Waals surface area contributed by atoms with Crippen LogP contribution in [-0.4, -0.2) is 43.6 Å². The summed E-state index contributed by atoms with van der Waals surface area (Å²) in [6.45, 7) is 4.66. The molecule has 21 aromatic carbocycles. The second kappa shape index (κ2) is 33.2. The maximum Gasteiger partial charge on any atom is 0.235 e. The molecule has 28 rings (SSSR count). The van der Waals surface area contributed by atoms with Crippen LogP contribution in [0.25, 0.3) is 249 Å². The summed E-state index contributed by atoms with van der Waals surface area (Å²) in [5.41, 5.74) is 32.6. The summed E-state index contributed by atoms with van der Waals surface area (Å²) >= 11 is 0. The first-order chi connectivity index (χ1) is 68.2. The smallest absolute Gasteiger partial charge is 0.235 e. The zero-order chi connectivity index (χ0) is 91.5. The van der Waals surface area contributed by atoms with Crippen molar-refractivity contribution in [1.29, 1.82) is 0 Å². The molecule has 0 amide bonds. The van der Waals surface area contributed by atoms with Gasteiger partial charge in [-0.15, -0.1) is 0 Å². The third-order valence-electron chi connectivity index (χ3n) is 28.0. The van der Waals surface area contributed by atoms with E-state index in [0.29, 0.717) is 17.8 Å². The third kappa shape index (κ3) is 13.8. The zero-order valence-electron chi connectivity index (χ0n) is 75.6. The average Bonchev–Trinajstić information content (AvgIpc) is 1.58. The van der Waals surface area contributed by atoms with Crippen LogP contribution < -0.4 is 0 Å². The molecule has 1 aliphatic rings. The van der Waals surface area contributed by atoms with Crippen molar-refractivity contribution in [3.05, 3.63) is 490 Å². The molecule has 0 fully saturated rings. The van der Waals surface area contributed by atoms with Crippen LogP contribution in [0.2, 0.25) is 0 Å². The Hall–Kier alpha value is -18.2. The van der Waals surface area contributed by atoms with E-state index in [1.54, 1.807) is 0 Å². The first kappa shape index (κ1) is 80.7. The summed E-state index contributed by atoms with van der Waals surface area (Å²) in [7, 11) is 0. The number of benzene rings is 21. The van der Waals surface area contributed by atoms with Crippen LogP contribution in [0.4, 0.5) is 0 Å². The first-order valence-corrected chi connectivity index (χ1v) is 47.1. The van der Waals surface area contributed by atoms with Crippen molar-refractivity contribution in [2.45, 2.75) is 19.3 Å². The molecule has 646 valence electrons. The molecule has 0 bridgehead atoms. The molecular formula is C129H85N9. The van der Waals surface area contributed by atoms with Gasteiger partial charge in [0.25, 0.3) is 0 Å². The molecule has 1 aliphatic carbocycles. The number of fused-ring (bicyclic) bond motifs is 21. The molecule has 6 aromatic heterocycles. The highest BCUT2D eigenvalue weighted by atomic mass is 15.2. The van der Waals surface area contributed by atoms with E-state index in [1.807, 2.05) is 18.2 Å². The highest BCUT2D eigenvalue weighted by Gasteiger charge is 2.36. The minimum Gasteiger partial charge on any atom is -0.278 e. The van der Waals surface area contributed by atoms with Crippen LogP contribution in [0.3, 0.4) is 0 Å². The standard InChI is InChI=1S/C45H31N3.2C42H27N3/c1-45(2)37-17-9-6-14-32(37)33-24-22-31(27-38(33)45)43-34-15-7-10-18-39(34)46-44(47-43)48-40-19-11-8-16-35(40)42-36-26-30(28-12-4-3-5-13-28)21-20-29(36)23-25-41(42)48;1-3-12-28(13-4-1)31-16-11-17-33(26-31)41-34-18-7-9-20-37(34)43-42(44-41)45-38-21-10-8-19-35(38)40-36-27-32(29-14-5-2-6-15-29)23-22-30(36)24-25-39(40)45;1-3-11-28(12-4-1)30-19-22-32(23-20-30)41-34-15-7-9-17-37(34)43-42(44-41)45-38-18-10-8-16-35(38)40-36-27-33(29-13-5-2-6-14-29)24-21-31(36)25-26-39(40)45/h3-27H,1-2H3;2*1-27H. The molecule has 27 aromatic rings. The lowest BCUT2D eigenvalue weighted by molar-refractivity contribution is 0.660. The van der Waals surface area contributed by atoms with Gasteiger partial charge >= 0.3 is 0 Å². The fraction of sp³-hybridized carbons (Fsp3) is 0.0233. The Bertz CT molecular complexity index is 9540. The summed E-state index contributed by atoms with van der Waals surface area (Å²) < 4.78 is 6.71. The van der Waals surface area contributed by atoms with Gasteiger partial charge in [0.05, 0.1) is 66.7 Å². The molecule has 0 spiro atoms. The highest BCUT2D eigenvalue weighted by molar-refractivity contribution is 6.25. The molecule has 0 N–H and O–H groups in total. The quantitative estimate of drug-likeness (QED) is 0.128. The Balaban J connectivity index is 0.000000107. The SMILES string of the molecule is CC1(C)c2ccccc2-c2ccc(-c3nc(-n4c5ccccc5c5c6cc(-c7ccccc7)ccc6ccc54)nc4ccccc34)cc21.c1ccc(-c2ccc(-c3nc(-n4c5ccccc5c5c6cc(-c7ccccc7)ccc6ccc54)nc4ccccc34)cc2)cc1.c1ccc(-c2cccc(-c3nc(-n4c5ccccc5c5c6cc(-c7ccccc7)ccc6ccc54)nc4ccccc34)c2)cc1. The highest BCUT2D eigenvalue weighted by Crippen LogP contribution is 2.51. The Morgan fingerprint density at radius 3 is 0.833 bits per heavy atom. The van der Waals surface area contributed by atoms with Crippen LogP contribution in [0, 0.1) is 0 Å². The van der Waals surface area contributed by atoms with Gasteiger partial charge < -0.3 is 0 Å². The van der Waals surface area contributed by atoms with E-state index >= 15 is 0 Å². The van der Waals surface area contributed by atoms with Crippen LogP contribution in [0.15, 0.2) is 479 Å². The summed E-state index contributed by atoms with van der Waals surface area (Å²) in [5, 5.41) is 17.6. The lowest BCUT2D eigenvalue weighted by Gasteiger charge is -2.22. The molecule has 0 saturated heterocycles. The number of hydrogen-bond donors (Lipinski definition) is 0. The number of aromatic nitrogens is 9. The van der Waals surface area contributed by atoms with Crippen LogP contribution >= 0.6 is 0 Å². The molecular weight excluding hydrogens is 1680 g/mol. The van der Waals surface area contributed by atoms with E-state index in [4.69, 9.17) is 29.9 Å². The average molecular weight is 1760 g/mol. The van der Waals surface area contributed by atoms with Crippen molar-refractivity contribution in [3.63, 3.8) is 0 Å². The Kier molecular flexibility index (Phi) is 19.4. The molecule has 0 atom stereocenters. The molecule has 9 heteroatoms. The van der Waals surface area contributed by atoms with Gasteiger partial charge in [0.15, 0.2) is 0 Å². The summed E-state index contributed by atoms with van der Waals surface area (Å²) in [4.78, 5) is 31.7. The van der Waals surface area contributed by atoms with E-state index in [1.165, 1.54) is 137 Å². The Morgan fingerprint density at radius 2 is 0.435 bits per heavy atom. The lowest BCUT2D eigenvalue weighted by Crippen LogP contribution is -2.15. The third-order valence-corrected chi connectivity index (χ3v) is 28.0. The van der Waals surface area contributed by atoms with Gasteiger partial charge in [-0.3, -0.25) is 13.7 Å².